The van der Waals surface area contributed by atoms with Crippen molar-refractivity contribution >= 4 is 27.3 Å². The van der Waals surface area contributed by atoms with E-state index in [1.165, 1.54) is 22.2 Å². The highest BCUT2D eigenvalue weighted by molar-refractivity contribution is 9.10. The number of rotatable bonds is 9. The minimum Gasteiger partial charge on any atom is -0.316 e. The summed E-state index contributed by atoms with van der Waals surface area (Å²) in [7, 11) is 2.22. The lowest BCUT2D eigenvalue weighted by Crippen LogP contribution is -2.29. The van der Waals surface area contributed by atoms with Gasteiger partial charge in [0.1, 0.15) is 0 Å². The fourth-order valence-corrected chi connectivity index (χ4v) is 3.49. The largest absolute Gasteiger partial charge is 0.316 e. The average Bonchev–Trinajstić information content (AvgIpc) is 2.73. The second-order valence-corrected chi connectivity index (χ2v) is 7.65. The van der Waals surface area contributed by atoms with E-state index in [4.69, 9.17) is 0 Å². The molecule has 0 aliphatic rings. The molecule has 0 bridgehead atoms. The molecule has 1 heterocycles. The van der Waals surface area contributed by atoms with E-state index < -0.39 is 0 Å². The van der Waals surface area contributed by atoms with Crippen molar-refractivity contribution in [2.45, 2.75) is 46.2 Å². The fraction of sp³-hybridized carbons (Fsp3) is 0.733. The lowest BCUT2D eigenvalue weighted by atomic mass is 10.1. The smallest absolute Gasteiger partial charge is 0.0328 e. The SMILES string of the molecule is CC(C)CNCCCC(C)N(C)Cc1cc(Br)cs1. The maximum Gasteiger partial charge on any atom is 0.0328 e. The van der Waals surface area contributed by atoms with Crippen LogP contribution in [0.1, 0.15) is 38.5 Å². The first-order valence-electron chi connectivity index (χ1n) is 7.13. The number of hydrogen-bond acceptors (Lipinski definition) is 3. The van der Waals surface area contributed by atoms with Gasteiger partial charge in [-0.1, -0.05) is 13.8 Å². The van der Waals surface area contributed by atoms with Crippen LogP contribution in [0.2, 0.25) is 0 Å². The van der Waals surface area contributed by atoms with Crippen molar-refractivity contribution in [2.24, 2.45) is 5.92 Å². The number of halogens is 1. The van der Waals surface area contributed by atoms with Gasteiger partial charge in [0.15, 0.2) is 0 Å². The van der Waals surface area contributed by atoms with Gasteiger partial charge in [-0.25, -0.2) is 0 Å². The summed E-state index contributed by atoms with van der Waals surface area (Å²) in [4.78, 5) is 3.87. The predicted octanol–water partition coefficient (Wildman–Crippen LogP) is 4.36. The van der Waals surface area contributed by atoms with E-state index in [1.807, 2.05) is 11.3 Å². The molecular formula is C15H27BrN2S. The Morgan fingerprint density at radius 2 is 2.11 bits per heavy atom. The zero-order valence-electron chi connectivity index (χ0n) is 12.6. The normalized spacial score (nSPS) is 13.4. The first-order valence-corrected chi connectivity index (χ1v) is 8.80. The van der Waals surface area contributed by atoms with Crippen LogP contribution in [0.15, 0.2) is 15.9 Å². The van der Waals surface area contributed by atoms with Gasteiger partial charge < -0.3 is 5.32 Å². The molecule has 2 nitrogen and oxygen atoms in total. The summed E-state index contributed by atoms with van der Waals surface area (Å²) in [6.45, 7) is 10.2. The fourth-order valence-electron chi connectivity index (χ4n) is 1.97. The Bertz CT molecular complexity index is 352. The van der Waals surface area contributed by atoms with E-state index in [0.29, 0.717) is 6.04 Å². The Hall–Kier alpha value is 0.1000. The molecule has 0 fully saturated rings. The number of thiophene rings is 1. The van der Waals surface area contributed by atoms with Crippen LogP contribution < -0.4 is 5.32 Å². The summed E-state index contributed by atoms with van der Waals surface area (Å²) < 4.78 is 1.20. The third kappa shape index (κ3) is 7.45. The van der Waals surface area contributed by atoms with E-state index in [9.17, 15) is 0 Å². The summed E-state index contributed by atoms with van der Waals surface area (Å²) in [6, 6.07) is 2.86. The second-order valence-electron chi connectivity index (χ2n) is 5.74. The van der Waals surface area contributed by atoms with Crippen LogP contribution in [0.5, 0.6) is 0 Å². The molecule has 0 aliphatic heterocycles. The monoisotopic (exact) mass is 346 g/mol. The van der Waals surface area contributed by atoms with Gasteiger partial charge in [-0.05, 0) is 67.8 Å². The van der Waals surface area contributed by atoms with Gasteiger partial charge in [-0.15, -0.1) is 11.3 Å². The third-order valence-electron chi connectivity index (χ3n) is 3.31. The van der Waals surface area contributed by atoms with Crippen LogP contribution in [-0.4, -0.2) is 31.1 Å². The Kier molecular flexibility index (Phi) is 8.23. The van der Waals surface area contributed by atoms with Gasteiger partial charge in [0.25, 0.3) is 0 Å². The first kappa shape index (κ1) is 17.2. The third-order valence-corrected chi connectivity index (χ3v) is 4.99. The lowest BCUT2D eigenvalue weighted by molar-refractivity contribution is 0.236. The highest BCUT2D eigenvalue weighted by Gasteiger charge is 2.10. The summed E-state index contributed by atoms with van der Waals surface area (Å²) in [5, 5.41) is 5.67. The topological polar surface area (TPSA) is 15.3 Å². The molecular weight excluding hydrogens is 320 g/mol. The summed E-state index contributed by atoms with van der Waals surface area (Å²) in [6.07, 6.45) is 2.51. The molecule has 4 heteroatoms. The zero-order chi connectivity index (χ0) is 14.3. The molecule has 0 saturated heterocycles. The Morgan fingerprint density at radius 3 is 2.68 bits per heavy atom. The number of nitrogens with one attached hydrogen (secondary N) is 1. The molecule has 1 N–H and O–H groups in total. The molecule has 0 aromatic carbocycles. The van der Waals surface area contributed by atoms with E-state index in [0.717, 1.165) is 25.6 Å². The average molecular weight is 347 g/mol. The van der Waals surface area contributed by atoms with Crippen LogP contribution >= 0.6 is 27.3 Å². The summed E-state index contributed by atoms with van der Waals surface area (Å²) in [5.74, 6) is 0.748. The Labute approximate surface area is 130 Å². The minimum absolute atomic E-state index is 0.640. The number of hydrogen-bond donors (Lipinski definition) is 1. The van der Waals surface area contributed by atoms with Gasteiger partial charge in [0.05, 0.1) is 0 Å². The molecule has 0 aliphatic carbocycles. The molecule has 110 valence electrons. The van der Waals surface area contributed by atoms with Crippen LogP contribution in [0, 0.1) is 5.92 Å². The first-order chi connectivity index (χ1) is 8.99. The maximum absolute atomic E-state index is 3.51. The van der Waals surface area contributed by atoms with E-state index in [1.54, 1.807) is 0 Å². The molecule has 0 saturated carbocycles. The van der Waals surface area contributed by atoms with Crippen molar-refractivity contribution in [3.63, 3.8) is 0 Å². The Balaban J connectivity index is 2.16. The van der Waals surface area contributed by atoms with E-state index in [2.05, 4.69) is 65.4 Å². The van der Waals surface area contributed by atoms with Gasteiger partial charge in [-0.2, -0.15) is 0 Å². The quantitative estimate of drug-likeness (QED) is 0.668. The zero-order valence-corrected chi connectivity index (χ0v) is 15.0. The second kappa shape index (κ2) is 9.11. The van der Waals surface area contributed by atoms with E-state index >= 15 is 0 Å². The molecule has 1 rings (SSSR count). The van der Waals surface area contributed by atoms with Gasteiger partial charge in [-0.3, -0.25) is 4.90 Å². The van der Waals surface area contributed by atoms with Gasteiger partial charge in [0.2, 0.25) is 0 Å². The van der Waals surface area contributed by atoms with Crippen molar-refractivity contribution < 1.29 is 0 Å². The minimum atomic E-state index is 0.640. The van der Waals surface area contributed by atoms with Crippen molar-refractivity contribution in [3.8, 4) is 0 Å². The molecule has 0 radical (unpaired) electrons. The predicted molar refractivity (Wildman–Crippen MR) is 89.9 cm³/mol. The molecule has 0 amide bonds. The Morgan fingerprint density at radius 1 is 1.37 bits per heavy atom. The molecule has 1 unspecified atom stereocenters. The van der Waals surface area contributed by atoms with Crippen LogP contribution in [0.4, 0.5) is 0 Å². The highest BCUT2D eigenvalue weighted by Crippen LogP contribution is 2.21. The van der Waals surface area contributed by atoms with Crippen molar-refractivity contribution in [2.75, 3.05) is 20.1 Å². The van der Waals surface area contributed by atoms with Gasteiger partial charge in [0, 0.05) is 27.3 Å². The van der Waals surface area contributed by atoms with Gasteiger partial charge >= 0.3 is 0 Å². The molecule has 19 heavy (non-hydrogen) atoms. The van der Waals surface area contributed by atoms with Crippen molar-refractivity contribution in [3.05, 3.63) is 20.8 Å². The standard InChI is InChI=1S/C15H27BrN2S/c1-12(2)9-17-7-5-6-13(3)18(4)10-15-8-14(16)11-19-15/h8,11-13,17H,5-7,9-10H2,1-4H3. The molecule has 1 atom stereocenters. The molecule has 1 aromatic heterocycles. The van der Waals surface area contributed by atoms with Crippen molar-refractivity contribution in [1.82, 2.24) is 10.2 Å². The molecule has 1 aromatic rings. The molecule has 0 spiro atoms. The van der Waals surface area contributed by atoms with Crippen molar-refractivity contribution in [1.29, 1.82) is 0 Å². The lowest BCUT2D eigenvalue weighted by Gasteiger charge is -2.24. The van der Waals surface area contributed by atoms with Crippen LogP contribution in [0.3, 0.4) is 0 Å². The number of nitrogens with zero attached hydrogens (tertiary/aromatic N) is 1. The highest BCUT2D eigenvalue weighted by atomic mass is 79.9. The van der Waals surface area contributed by atoms with Crippen LogP contribution in [0.25, 0.3) is 0 Å². The van der Waals surface area contributed by atoms with Crippen LogP contribution in [-0.2, 0) is 6.54 Å². The summed E-state index contributed by atoms with van der Waals surface area (Å²) in [5.41, 5.74) is 0. The van der Waals surface area contributed by atoms with E-state index in [-0.39, 0.29) is 0 Å². The summed E-state index contributed by atoms with van der Waals surface area (Å²) >= 11 is 5.34. The maximum atomic E-state index is 3.51.